The molecule has 1 nitrogen and oxygen atoms in total. The van der Waals surface area contributed by atoms with E-state index >= 15 is 0 Å². The van der Waals surface area contributed by atoms with Crippen molar-refractivity contribution in [2.75, 3.05) is 6.54 Å². The molecule has 0 aliphatic heterocycles. The minimum absolute atomic E-state index is 0.0398. The van der Waals surface area contributed by atoms with Crippen LogP contribution >= 0.6 is 27.5 Å². The van der Waals surface area contributed by atoms with Crippen LogP contribution in [0.5, 0.6) is 0 Å². The van der Waals surface area contributed by atoms with Gasteiger partial charge in [-0.3, -0.25) is 0 Å². The molecule has 21 heavy (non-hydrogen) atoms. The van der Waals surface area contributed by atoms with E-state index in [9.17, 15) is 4.39 Å². The van der Waals surface area contributed by atoms with Crippen molar-refractivity contribution < 1.29 is 4.39 Å². The number of likely N-dealkylation sites (N-methyl/N-ethyl adjacent to an activating group) is 1. The van der Waals surface area contributed by atoms with Crippen molar-refractivity contribution in [2.24, 2.45) is 0 Å². The SMILES string of the molecule is CCNC(Cc1cc(Cl)ccc1F)c1ccc(C)cc1Br. The highest BCUT2D eigenvalue weighted by Gasteiger charge is 2.16. The third kappa shape index (κ3) is 4.29. The van der Waals surface area contributed by atoms with Crippen molar-refractivity contribution in [1.29, 1.82) is 0 Å². The second-order valence-corrected chi connectivity index (χ2v) is 6.37. The van der Waals surface area contributed by atoms with Gasteiger partial charge in [-0.2, -0.15) is 0 Å². The number of hydrogen-bond donors (Lipinski definition) is 1. The van der Waals surface area contributed by atoms with E-state index in [4.69, 9.17) is 11.6 Å². The topological polar surface area (TPSA) is 12.0 Å². The Morgan fingerprint density at radius 2 is 2.00 bits per heavy atom. The van der Waals surface area contributed by atoms with E-state index < -0.39 is 0 Å². The van der Waals surface area contributed by atoms with Gasteiger partial charge in [-0.25, -0.2) is 4.39 Å². The zero-order valence-corrected chi connectivity index (χ0v) is 14.4. The Bertz CT molecular complexity index is 630. The fourth-order valence-electron chi connectivity index (χ4n) is 2.37. The molecule has 0 aliphatic rings. The molecule has 0 aliphatic carbocycles. The first-order valence-electron chi connectivity index (χ1n) is 6.94. The van der Waals surface area contributed by atoms with E-state index in [1.54, 1.807) is 12.1 Å². The first kappa shape index (κ1) is 16.5. The summed E-state index contributed by atoms with van der Waals surface area (Å²) in [5, 5.41) is 3.97. The Hall–Kier alpha value is -0.900. The van der Waals surface area contributed by atoms with Crippen LogP contribution in [0, 0.1) is 12.7 Å². The molecule has 0 radical (unpaired) electrons. The number of rotatable bonds is 5. The van der Waals surface area contributed by atoms with Crippen molar-refractivity contribution in [2.45, 2.75) is 26.3 Å². The summed E-state index contributed by atoms with van der Waals surface area (Å²) in [6, 6.07) is 11.0. The molecule has 1 unspecified atom stereocenters. The first-order chi connectivity index (χ1) is 10.0. The molecule has 2 aromatic carbocycles. The van der Waals surface area contributed by atoms with Gasteiger partial charge in [-0.1, -0.05) is 46.6 Å². The maximum atomic E-state index is 14.0. The number of hydrogen-bond acceptors (Lipinski definition) is 1. The minimum Gasteiger partial charge on any atom is -0.310 e. The maximum Gasteiger partial charge on any atom is 0.126 e. The molecule has 2 aromatic rings. The molecule has 0 saturated carbocycles. The Kier molecular flexibility index (Phi) is 5.80. The summed E-state index contributed by atoms with van der Waals surface area (Å²) in [5.41, 5.74) is 2.94. The van der Waals surface area contributed by atoms with Gasteiger partial charge >= 0.3 is 0 Å². The van der Waals surface area contributed by atoms with Crippen LogP contribution in [0.25, 0.3) is 0 Å². The lowest BCUT2D eigenvalue weighted by atomic mass is 9.97. The third-order valence-electron chi connectivity index (χ3n) is 3.41. The standard InChI is InChI=1S/C17H18BrClFN/c1-3-21-17(14-6-4-11(2)8-15(14)18)10-12-9-13(19)5-7-16(12)20/h4-9,17,21H,3,10H2,1-2H3. The van der Waals surface area contributed by atoms with Gasteiger partial charge in [0, 0.05) is 15.5 Å². The molecule has 1 atom stereocenters. The molecule has 0 spiro atoms. The minimum atomic E-state index is -0.217. The van der Waals surface area contributed by atoms with Gasteiger partial charge in [-0.05, 0) is 60.8 Å². The van der Waals surface area contributed by atoms with Crippen molar-refractivity contribution in [3.05, 3.63) is 68.4 Å². The van der Waals surface area contributed by atoms with Gasteiger partial charge in [0.1, 0.15) is 5.82 Å². The fraction of sp³-hybridized carbons (Fsp3) is 0.294. The van der Waals surface area contributed by atoms with Crippen LogP contribution in [0.3, 0.4) is 0 Å². The zero-order valence-electron chi connectivity index (χ0n) is 12.1. The highest BCUT2D eigenvalue weighted by Crippen LogP contribution is 2.28. The van der Waals surface area contributed by atoms with Crippen LogP contribution in [0.2, 0.25) is 5.02 Å². The van der Waals surface area contributed by atoms with E-state index in [1.165, 1.54) is 11.6 Å². The molecule has 0 fully saturated rings. The Morgan fingerprint density at radius 3 is 2.67 bits per heavy atom. The van der Waals surface area contributed by atoms with E-state index in [0.717, 1.165) is 16.6 Å². The summed E-state index contributed by atoms with van der Waals surface area (Å²) in [6.45, 7) is 4.91. The van der Waals surface area contributed by atoms with Crippen molar-refractivity contribution >= 4 is 27.5 Å². The van der Waals surface area contributed by atoms with Crippen LogP contribution in [0.1, 0.15) is 29.7 Å². The number of aryl methyl sites for hydroxylation is 1. The Morgan fingerprint density at radius 1 is 1.24 bits per heavy atom. The molecular formula is C17H18BrClFN. The predicted molar refractivity (Wildman–Crippen MR) is 90.4 cm³/mol. The summed E-state index contributed by atoms with van der Waals surface area (Å²) in [5.74, 6) is -0.217. The summed E-state index contributed by atoms with van der Waals surface area (Å²) in [6.07, 6.45) is 0.557. The van der Waals surface area contributed by atoms with E-state index in [0.29, 0.717) is 17.0 Å². The third-order valence-corrected chi connectivity index (χ3v) is 4.34. The van der Waals surface area contributed by atoms with E-state index in [2.05, 4.69) is 39.4 Å². The molecule has 112 valence electrons. The first-order valence-corrected chi connectivity index (χ1v) is 8.11. The molecular weight excluding hydrogens is 353 g/mol. The quantitative estimate of drug-likeness (QED) is 0.738. The molecule has 0 aromatic heterocycles. The van der Waals surface area contributed by atoms with E-state index in [-0.39, 0.29) is 11.9 Å². The maximum absolute atomic E-state index is 14.0. The molecule has 0 saturated heterocycles. The smallest absolute Gasteiger partial charge is 0.126 e. The van der Waals surface area contributed by atoms with Gasteiger partial charge in [0.05, 0.1) is 0 Å². The van der Waals surface area contributed by atoms with Gasteiger partial charge in [0.15, 0.2) is 0 Å². The van der Waals surface area contributed by atoms with Crippen LogP contribution < -0.4 is 5.32 Å². The van der Waals surface area contributed by atoms with Crippen molar-refractivity contribution in [3.63, 3.8) is 0 Å². The summed E-state index contributed by atoms with van der Waals surface area (Å²) in [7, 11) is 0. The van der Waals surface area contributed by atoms with Crippen LogP contribution in [0.15, 0.2) is 40.9 Å². The molecule has 2 rings (SSSR count). The van der Waals surface area contributed by atoms with Crippen LogP contribution in [-0.4, -0.2) is 6.54 Å². The summed E-state index contributed by atoms with van der Waals surface area (Å²) in [4.78, 5) is 0. The lowest BCUT2D eigenvalue weighted by Crippen LogP contribution is -2.23. The lowest BCUT2D eigenvalue weighted by molar-refractivity contribution is 0.526. The van der Waals surface area contributed by atoms with Gasteiger partial charge < -0.3 is 5.32 Å². The van der Waals surface area contributed by atoms with Gasteiger partial charge in [0.2, 0.25) is 0 Å². The lowest BCUT2D eigenvalue weighted by Gasteiger charge is -2.20. The Balaban J connectivity index is 2.32. The Labute approximate surface area is 138 Å². The average Bonchev–Trinajstić information content (AvgIpc) is 2.42. The van der Waals surface area contributed by atoms with E-state index in [1.807, 2.05) is 13.8 Å². The molecule has 0 heterocycles. The summed E-state index contributed by atoms with van der Waals surface area (Å²) >= 11 is 9.58. The van der Waals surface area contributed by atoms with Crippen LogP contribution in [-0.2, 0) is 6.42 Å². The molecule has 1 N–H and O–H groups in total. The normalized spacial score (nSPS) is 12.4. The number of benzene rings is 2. The highest BCUT2D eigenvalue weighted by molar-refractivity contribution is 9.10. The number of nitrogens with one attached hydrogen (secondary N) is 1. The van der Waals surface area contributed by atoms with Gasteiger partial charge in [-0.15, -0.1) is 0 Å². The average molecular weight is 371 g/mol. The van der Waals surface area contributed by atoms with Crippen molar-refractivity contribution in [3.8, 4) is 0 Å². The predicted octanol–water partition coefficient (Wildman–Crippen LogP) is 5.44. The van der Waals surface area contributed by atoms with Crippen LogP contribution in [0.4, 0.5) is 4.39 Å². The second-order valence-electron chi connectivity index (χ2n) is 5.08. The molecule has 0 bridgehead atoms. The fourth-order valence-corrected chi connectivity index (χ4v) is 3.34. The van der Waals surface area contributed by atoms with Crippen molar-refractivity contribution in [1.82, 2.24) is 5.32 Å². The largest absolute Gasteiger partial charge is 0.310 e. The molecule has 4 heteroatoms. The number of halogens is 3. The monoisotopic (exact) mass is 369 g/mol. The summed E-state index contributed by atoms with van der Waals surface area (Å²) < 4.78 is 15.0. The second kappa shape index (κ2) is 7.39. The zero-order chi connectivity index (χ0) is 15.4. The highest BCUT2D eigenvalue weighted by atomic mass is 79.9. The molecule has 0 amide bonds. The van der Waals surface area contributed by atoms with Gasteiger partial charge in [0.25, 0.3) is 0 Å².